The van der Waals surface area contributed by atoms with Crippen molar-refractivity contribution in [1.82, 2.24) is 4.90 Å². The number of rotatable bonds is 3. The molecule has 2 nitrogen and oxygen atoms in total. The molecule has 4 heteroatoms. The first kappa shape index (κ1) is 16.5. The van der Waals surface area contributed by atoms with Crippen LogP contribution in [0, 0.1) is 5.41 Å². The summed E-state index contributed by atoms with van der Waals surface area (Å²) in [4.78, 5) is 14.8. The number of benzene rings is 1. The van der Waals surface area contributed by atoms with Crippen molar-refractivity contribution in [2.24, 2.45) is 5.41 Å². The largest absolute Gasteiger partial charge is 0.332 e. The summed E-state index contributed by atoms with van der Waals surface area (Å²) in [7, 11) is 0. The standard InChI is InChI=1S/C18H23Br2NO/c1-17(2)15(18(20)10-6-3-7-11-18)21(16(17)22)12-13-8-4-5-9-14(13)19/h4-5,8-9,15H,3,6-7,10-12H2,1-2H3. The first-order chi connectivity index (χ1) is 10.4. The Bertz CT molecular complexity index is 578. The van der Waals surface area contributed by atoms with Gasteiger partial charge in [-0.2, -0.15) is 0 Å². The molecule has 0 spiro atoms. The van der Waals surface area contributed by atoms with Gasteiger partial charge in [-0.3, -0.25) is 4.79 Å². The van der Waals surface area contributed by atoms with Gasteiger partial charge in [-0.1, -0.05) is 69.3 Å². The molecule has 1 aromatic carbocycles. The van der Waals surface area contributed by atoms with Gasteiger partial charge in [-0.05, 0) is 38.3 Å². The third-order valence-corrected chi connectivity index (χ3v) is 7.28. The molecule has 1 unspecified atom stereocenters. The van der Waals surface area contributed by atoms with Crippen LogP contribution in [0.5, 0.6) is 0 Å². The van der Waals surface area contributed by atoms with Crippen molar-refractivity contribution >= 4 is 37.8 Å². The highest BCUT2D eigenvalue weighted by molar-refractivity contribution is 9.10. The second-order valence-electron chi connectivity index (χ2n) is 7.24. The van der Waals surface area contributed by atoms with Gasteiger partial charge in [0, 0.05) is 15.3 Å². The number of hydrogen-bond acceptors (Lipinski definition) is 1. The van der Waals surface area contributed by atoms with Crippen molar-refractivity contribution in [3.8, 4) is 0 Å². The first-order valence-electron chi connectivity index (χ1n) is 8.10. The lowest BCUT2D eigenvalue weighted by Gasteiger charge is -2.60. The minimum absolute atomic E-state index is 0.0872. The zero-order valence-corrected chi connectivity index (χ0v) is 16.4. The van der Waals surface area contributed by atoms with Crippen molar-refractivity contribution in [2.45, 2.75) is 62.9 Å². The molecule has 1 aliphatic heterocycles. The summed E-state index contributed by atoms with van der Waals surface area (Å²) < 4.78 is 1.17. The molecule has 1 saturated heterocycles. The quantitative estimate of drug-likeness (QED) is 0.473. The summed E-state index contributed by atoms with van der Waals surface area (Å²) in [5.74, 6) is 0.276. The van der Waals surface area contributed by atoms with Gasteiger partial charge in [0.15, 0.2) is 0 Å². The number of hydrogen-bond donors (Lipinski definition) is 0. The van der Waals surface area contributed by atoms with Gasteiger partial charge in [-0.15, -0.1) is 0 Å². The normalized spacial score (nSPS) is 26.6. The van der Waals surface area contributed by atoms with E-state index in [2.05, 4.69) is 56.7 Å². The van der Waals surface area contributed by atoms with Gasteiger partial charge in [0.25, 0.3) is 0 Å². The van der Waals surface area contributed by atoms with E-state index in [-0.39, 0.29) is 21.7 Å². The number of β-lactam (4-membered cyclic amide) rings is 1. The van der Waals surface area contributed by atoms with Crippen LogP contribution in [0.1, 0.15) is 51.5 Å². The molecule has 120 valence electrons. The third-order valence-electron chi connectivity index (χ3n) is 5.28. The molecule has 22 heavy (non-hydrogen) atoms. The Morgan fingerprint density at radius 1 is 1.18 bits per heavy atom. The molecule has 0 bridgehead atoms. The Hall–Kier alpha value is -0.350. The van der Waals surface area contributed by atoms with Crippen LogP contribution >= 0.6 is 31.9 Å². The highest BCUT2D eigenvalue weighted by Crippen LogP contribution is 2.53. The van der Waals surface area contributed by atoms with Gasteiger partial charge in [-0.25, -0.2) is 0 Å². The minimum Gasteiger partial charge on any atom is -0.332 e. The van der Waals surface area contributed by atoms with Crippen molar-refractivity contribution in [2.75, 3.05) is 0 Å². The van der Waals surface area contributed by atoms with Crippen molar-refractivity contribution in [3.63, 3.8) is 0 Å². The van der Waals surface area contributed by atoms with E-state index in [1.165, 1.54) is 37.7 Å². The Morgan fingerprint density at radius 2 is 1.82 bits per heavy atom. The van der Waals surface area contributed by atoms with Crippen LogP contribution in [0.15, 0.2) is 28.7 Å². The van der Waals surface area contributed by atoms with E-state index in [0.717, 1.165) is 4.47 Å². The maximum absolute atomic E-state index is 12.7. The van der Waals surface area contributed by atoms with Crippen LogP contribution in [0.4, 0.5) is 0 Å². The van der Waals surface area contributed by atoms with E-state index in [4.69, 9.17) is 0 Å². The van der Waals surface area contributed by atoms with Gasteiger partial charge < -0.3 is 4.90 Å². The van der Waals surface area contributed by atoms with Crippen LogP contribution in [-0.2, 0) is 11.3 Å². The molecular weight excluding hydrogens is 406 g/mol. The summed E-state index contributed by atoms with van der Waals surface area (Å²) in [6, 6.07) is 8.47. The van der Waals surface area contributed by atoms with E-state index in [1.54, 1.807) is 0 Å². The van der Waals surface area contributed by atoms with Crippen molar-refractivity contribution in [3.05, 3.63) is 34.3 Å². The number of alkyl halides is 1. The predicted octanol–water partition coefficient (Wildman–Crippen LogP) is 5.28. The monoisotopic (exact) mass is 427 g/mol. The summed E-state index contributed by atoms with van der Waals surface area (Å²) in [6.45, 7) is 4.91. The summed E-state index contributed by atoms with van der Waals surface area (Å²) in [6.07, 6.45) is 6.17. The van der Waals surface area contributed by atoms with Gasteiger partial charge in [0.2, 0.25) is 5.91 Å². The van der Waals surface area contributed by atoms with Gasteiger partial charge in [0.05, 0.1) is 11.5 Å². The second kappa shape index (κ2) is 5.94. The predicted molar refractivity (Wildman–Crippen MR) is 97.0 cm³/mol. The lowest BCUT2D eigenvalue weighted by atomic mass is 9.64. The number of halogens is 2. The molecule has 1 atom stereocenters. The lowest BCUT2D eigenvalue weighted by molar-refractivity contribution is -0.173. The Labute approximate surface area is 149 Å². The number of nitrogens with zero attached hydrogens (tertiary/aromatic N) is 1. The average molecular weight is 429 g/mol. The maximum Gasteiger partial charge on any atom is 0.230 e. The van der Waals surface area contributed by atoms with E-state index in [0.29, 0.717) is 6.54 Å². The second-order valence-corrected chi connectivity index (χ2v) is 9.68. The Balaban J connectivity index is 1.86. The smallest absolute Gasteiger partial charge is 0.230 e. The molecule has 0 N–H and O–H groups in total. The summed E-state index contributed by atoms with van der Waals surface area (Å²) in [5.41, 5.74) is 0.922. The van der Waals surface area contributed by atoms with Gasteiger partial charge in [0.1, 0.15) is 0 Å². The molecule has 1 aromatic rings. The van der Waals surface area contributed by atoms with Gasteiger partial charge >= 0.3 is 0 Å². The fourth-order valence-corrected chi connectivity index (χ4v) is 6.03. The molecule has 3 rings (SSSR count). The minimum atomic E-state index is -0.262. The average Bonchev–Trinajstić information content (AvgIpc) is 2.48. The molecule has 0 radical (unpaired) electrons. The first-order valence-corrected chi connectivity index (χ1v) is 9.68. The molecule has 0 aromatic heterocycles. The van der Waals surface area contributed by atoms with Crippen LogP contribution in [0.3, 0.4) is 0 Å². The van der Waals surface area contributed by atoms with Crippen LogP contribution < -0.4 is 0 Å². The number of likely N-dealkylation sites (tertiary alicyclic amines) is 1. The van der Waals surface area contributed by atoms with Crippen LogP contribution in [-0.4, -0.2) is 21.2 Å². The van der Waals surface area contributed by atoms with Crippen molar-refractivity contribution < 1.29 is 4.79 Å². The summed E-state index contributed by atoms with van der Waals surface area (Å²) >= 11 is 7.65. The topological polar surface area (TPSA) is 20.3 Å². The number of amides is 1. The highest BCUT2D eigenvalue weighted by Gasteiger charge is 2.61. The van der Waals surface area contributed by atoms with E-state index in [9.17, 15) is 4.79 Å². The molecule has 2 fully saturated rings. The molecule has 2 aliphatic rings. The zero-order valence-electron chi connectivity index (χ0n) is 13.2. The fourth-order valence-electron chi connectivity index (χ4n) is 4.24. The fraction of sp³-hybridized carbons (Fsp3) is 0.611. The molecular formula is C18H23Br2NO. The summed E-state index contributed by atoms with van der Waals surface area (Å²) in [5, 5.41) is 0. The molecule has 1 heterocycles. The molecule has 1 saturated carbocycles. The third kappa shape index (κ3) is 2.66. The highest BCUT2D eigenvalue weighted by atomic mass is 79.9. The lowest BCUT2D eigenvalue weighted by Crippen LogP contribution is -2.72. The van der Waals surface area contributed by atoms with Crippen molar-refractivity contribution in [1.29, 1.82) is 0 Å². The van der Waals surface area contributed by atoms with E-state index in [1.807, 2.05) is 18.2 Å². The molecule has 1 aliphatic carbocycles. The SMILES string of the molecule is CC1(C)C(=O)N(Cc2ccccc2Br)C1C1(Br)CCCCC1. The Kier molecular flexibility index (Phi) is 4.45. The molecule has 1 amide bonds. The maximum atomic E-state index is 12.7. The van der Waals surface area contributed by atoms with E-state index < -0.39 is 0 Å². The van der Waals surface area contributed by atoms with E-state index >= 15 is 0 Å². The number of carbonyl (C=O) groups excluding carboxylic acids is 1. The zero-order chi connectivity index (χ0) is 16.0. The van der Waals surface area contributed by atoms with Crippen LogP contribution in [0.25, 0.3) is 0 Å². The number of carbonyl (C=O) groups is 1. The Morgan fingerprint density at radius 3 is 2.45 bits per heavy atom. The van der Waals surface area contributed by atoms with Crippen LogP contribution in [0.2, 0.25) is 0 Å².